The number of nitrogens with zero attached hydrogens (tertiary/aromatic N) is 1. The average Bonchev–Trinajstić information content (AvgIpc) is 2.05. The molecule has 3 nitrogen and oxygen atoms in total. The van der Waals surface area contributed by atoms with Gasteiger partial charge in [0.1, 0.15) is 5.82 Å². The van der Waals surface area contributed by atoms with Gasteiger partial charge in [-0.2, -0.15) is 0 Å². The molecule has 0 radical (unpaired) electrons. The topological polar surface area (TPSA) is 37.4 Å². The van der Waals surface area contributed by atoms with E-state index in [-0.39, 0.29) is 4.90 Å². The van der Waals surface area contributed by atoms with Crippen molar-refractivity contribution < 1.29 is 12.8 Å². The molecule has 1 aromatic rings. The largest absolute Gasteiger partial charge is 0.305 e. The van der Waals surface area contributed by atoms with Gasteiger partial charge in [0.05, 0.1) is 4.90 Å². The molecule has 0 N–H and O–H groups in total. The molecule has 0 atom stereocenters. The summed E-state index contributed by atoms with van der Waals surface area (Å²) >= 11 is 0. The van der Waals surface area contributed by atoms with Crippen molar-refractivity contribution in [3.05, 3.63) is 29.6 Å². The zero-order valence-corrected chi connectivity index (χ0v) is 9.94. The second-order valence-corrected chi connectivity index (χ2v) is 5.99. The van der Waals surface area contributed by atoms with Gasteiger partial charge in [0.25, 0.3) is 9.05 Å². The van der Waals surface area contributed by atoms with Crippen molar-refractivity contribution in [2.75, 3.05) is 14.1 Å². The Morgan fingerprint density at radius 3 is 2.40 bits per heavy atom. The molecule has 0 amide bonds. The maximum absolute atomic E-state index is 13.4. The molecule has 0 aromatic heterocycles. The molecule has 0 aliphatic rings. The SMILES string of the molecule is CN(C)Cc1ccc(S(=O)(=O)Cl)cc1F. The number of hydrogen-bond donors (Lipinski definition) is 0. The second kappa shape index (κ2) is 4.47. The molecule has 84 valence electrons. The quantitative estimate of drug-likeness (QED) is 0.769. The normalized spacial score (nSPS) is 12.1. The summed E-state index contributed by atoms with van der Waals surface area (Å²) in [5.41, 5.74) is 0.434. The Hall–Kier alpha value is -0.650. The fourth-order valence-electron chi connectivity index (χ4n) is 1.15. The summed E-state index contributed by atoms with van der Waals surface area (Å²) in [6.45, 7) is 0.411. The third kappa shape index (κ3) is 3.44. The van der Waals surface area contributed by atoms with Crippen LogP contribution in [0.1, 0.15) is 5.56 Å². The molecule has 0 saturated heterocycles. The molecule has 0 unspecified atom stereocenters. The lowest BCUT2D eigenvalue weighted by Crippen LogP contribution is -2.12. The fourth-order valence-corrected chi connectivity index (χ4v) is 1.91. The van der Waals surface area contributed by atoms with Gasteiger partial charge in [-0.25, -0.2) is 12.8 Å². The lowest BCUT2D eigenvalue weighted by Gasteiger charge is -2.10. The summed E-state index contributed by atoms with van der Waals surface area (Å²) in [5.74, 6) is -0.564. The Kier molecular flexibility index (Phi) is 3.70. The van der Waals surface area contributed by atoms with Gasteiger partial charge < -0.3 is 4.90 Å². The van der Waals surface area contributed by atoms with Crippen LogP contribution in [0.4, 0.5) is 4.39 Å². The zero-order chi connectivity index (χ0) is 11.6. The van der Waals surface area contributed by atoms with Crippen LogP contribution in [0, 0.1) is 5.82 Å². The van der Waals surface area contributed by atoms with Crippen molar-refractivity contribution in [1.82, 2.24) is 4.90 Å². The highest BCUT2D eigenvalue weighted by Gasteiger charge is 2.13. The summed E-state index contributed by atoms with van der Waals surface area (Å²) in [5, 5.41) is 0. The molecular formula is C9H11ClFNO2S. The van der Waals surface area contributed by atoms with Gasteiger partial charge >= 0.3 is 0 Å². The number of halogens is 2. The van der Waals surface area contributed by atoms with Crippen LogP contribution < -0.4 is 0 Å². The predicted octanol–water partition coefficient (Wildman–Crippen LogP) is 1.81. The molecule has 0 spiro atoms. The molecule has 1 aromatic carbocycles. The van der Waals surface area contributed by atoms with Crippen LogP contribution in [0.2, 0.25) is 0 Å². The highest BCUT2D eigenvalue weighted by Crippen LogP contribution is 2.18. The van der Waals surface area contributed by atoms with Crippen molar-refractivity contribution in [1.29, 1.82) is 0 Å². The number of hydrogen-bond acceptors (Lipinski definition) is 3. The third-order valence-corrected chi connectivity index (χ3v) is 3.14. The van der Waals surface area contributed by atoms with E-state index in [0.717, 1.165) is 6.07 Å². The third-order valence-electron chi connectivity index (χ3n) is 1.79. The average molecular weight is 252 g/mol. The Balaban J connectivity index is 3.09. The predicted molar refractivity (Wildman–Crippen MR) is 56.8 cm³/mol. The Morgan fingerprint density at radius 2 is 2.00 bits per heavy atom. The van der Waals surface area contributed by atoms with Crippen molar-refractivity contribution in [3.8, 4) is 0 Å². The standard InChI is InChI=1S/C9H11ClFNO2S/c1-12(2)6-7-3-4-8(5-9(7)11)15(10,13)14/h3-5H,6H2,1-2H3. The molecule has 0 heterocycles. The maximum Gasteiger partial charge on any atom is 0.261 e. The molecule has 1 rings (SSSR count). The van der Waals surface area contributed by atoms with E-state index in [0.29, 0.717) is 12.1 Å². The smallest absolute Gasteiger partial charge is 0.261 e. The van der Waals surface area contributed by atoms with Crippen LogP contribution in [-0.2, 0) is 15.6 Å². The van der Waals surface area contributed by atoms with Gasteiger partial charge in [-0.05, 0) is 26.2 Å². The van der Waals surface area contributed by atoms with Crippen LogP contribution in [0.15, 0.2) is 23.1 Å². The van der Waals surface area contributed by atoms with Crippen LogP contribution in [0.5, 0.6) is 0 Å². The minimum Gasteiger partial charge on any atom is -0.305 e. The number of benzene rings is 1. The summed E-state index contributed by atoms with van der Waals surface area (Å²) in [6.07, 6.45) is 0. The van der Waals surface area contributed by atoms with E-state index in [9.17, 15) is 12.8 Å². The molecule has 15 heavy (non-hydrogen) atoms. The van der Waals surface area contributed by atoms with Crippen molar-refractivity contribution in [2.45, 2.75) is 11.4 Å². The van der Waals surface area contributed by atoms with Gasteiger partial charge in [0, 0.05) is 22.8 Å². The minimum absolute atomic E-state index is 0.218. The Labute approximate surface area is 92.9 Å². The van der Waals surface area contributed by atoms with E-state index in [2.05, 4.69) is 0 Å². The molecule has 0 bridgehead atoms. The van der Waals surface area contributed by atoms with E-state index in [4.69, 9.17) is 10.7 Å². The second-order valence-electron chi connectivity index (χ2n) is 3.43. The molecule has 0 saturated carbocycles. The van der Waals surface area contributed by atoms with Gasteiger partial charge in [-0.3, -0.25) is 0 Å². The molecule has 6 heteroatoms. The highest BCUT2D eigenvalue weighted by atomic mass is 35.7. The van der Waals surface area contributed by atoms with E-state index in [1.54, 1.807) is 19.0 Å². The minimum atomic E-state index is -3.85. The van der Waals surface area contributed by atoms with Crippen molar-refractivity contribution in [2.24, 2.45) is 0 Å². The van der Waals surface area contributed by atoms with E-state index >= 15 is 0 Å². The fraction of sp³-hybridized carbons (Fsp3) is 0.333. The van der Waals surface area contributed by atoms with Crippen LogP contribution in [-0.4, -0.2) is 27.4 Å². The van der Waals surface area contributed by atoms with Gasteiger partial charge in [-0.1, -0.05) is 6.07 Å². The first-order chi connectivity index (χ1) is 6.80. The maximum atomic E-state index is 13.4. The van der Waals surface area contributed by atoms with Crippen LogP contribution in [0.3, 0.4) is 0 Å². The summed E-state index contributed by atoms with van der Waals surface area (Å²) in [4.78, 5) is 1.57. The molecule has 0 aliphatic carbocycles. The first kappa shape index (κ1) is 12.4. The Morgan fingerprint density at radius 1 is 1.40 bits per heavy atom. The molecule has 0 fully saturated rings. The Bertz CT molecular complexity index is 459. The summed E-state index contributed by atoms with van der Waals surface area (Å²) in [6, 6.07) is 3.65. The molecular weight excluding hydrogens is 241 g/mol. The van der Waals surface area contributed by atoms with Crippen LogP contribution >= 0.6 is 10.7 Å². The lowest BCUT2D eigenvalue weighted by atomic mass is 10.2. The highest BCUT2D eigenvalue weighted by molar-refractivity contribution is 8.13. The summed E-state index contributed by atoms with van der Waals surface area (Å²) in [7, 11) is 4.83. The first-order valence-electron chi connectivity index (χ1n) is 4.18. The number of rotatable bonds is 3. The summed E-state index contributed by atoms with van der Waals surface area (Å²) < 4.78 is 35.2. The first-order valence-corrected chi connectivity index (χ1v) is 6.49. The van der Waals surface area contributed by atoms with E-state index in [1.165, 1.54) is 12.1 Å². The zero-order valence-electron chi connectivity index (χ0n) is 8.37. The van der Waals surface area contributed by atoms with E-state index < -0.39 is 14.9 Å². The monoisotopic (exact) mass is 251 g/mol. The van der Waals surface area contributed by atoms with Crippen LogP contribution in [0.25, 0.3) is 0 Å². The van der Waals surface area contributed by atoms with Crippen molar-refractivity contribution in [3.63, 3.8) is 0 Å². The lowest BCUT2D eigenvalue weighted by molar-refractivity contribution is 0.392. The molecule has 0 aliphatic heterocycles. The van der Waals surface area contributed by atoms with Crippen molar-refractivity contribution >= 4 is 19.7 Å². The van der Waals surface area contributed by atoms with E-state index in [1.807, 2.05) is 0 Å². The van der Waals surface area contributed by atoms with Gasteiger partial charge in [0.2, 0.25) is 0 Å². The van der Waals surface area contributed by atoms with Gasteiger partial charge in [-0.15, -0.1) is 0 Å². The van der Waals surface area contributed by atoms with Gasteiger partial charge in [0.15, 0.2) is 0 Å².